The maximum Gasteiger partial charge on any atom is 0.373 e. The van der Waals surface area contributed by atoms with Gasteiger partial charge in [-0.2, -0.15) is 0 Å². The average Bonchev–Trinajstić information content (AvgIpc) is 2.89. The number of aliphatic imine (C=N–C) groups is 2. The number of fused-ring (bicyclic) bond motifs is 1. The van der Waals surface area contributed by atoms with Crippen LogP contribution in [-0.4, -0.2) is 29.8 Å². The smallest absolute Gasteiger partial charge is 0.373 e. The largest absolute Gasteiger partial charge is 0.463 e. The van der Waals surface area contributed by atoms with Crippen LogP contribution in [-0.2, 0) is 9.53 Å². The topological polar surface area (TPSA) is 82.0 Å². The molecule has 0 amide bonds. The van der Waals surface area contributed by atoms with E-state index in [-0.39, 0.29) is 5.84 Å². The van der Waals surface area contributed by atoms with Crippen molar-refractivity contribution in [3.8, 4) is 0 Å². The Balaban J connectivity index is 2.22. The number of aromatic nitrogens is 1. The van der Waals surface area contributed by atoms with Crippen molar-refractivity contribution < 1.29 is 9.53 Å². The van der Waals surface area contributed by atoms with Gasteiger partial charge >= 0.3 is 5.97 Å². The molecular formula is C15H18N4O2. The lowest BCUT2D eigenvalue weighted by atomic mass is 10.2. The zero-order valence-corrected chi connectivity index (χ0v) is 12.3. The number of carbonyl (C=O) groups excluding carboxylic acids is 1. The Hall–Kier alpha value is -2.63. The van der Waals surface area contributed by atoms with Crippen molar-refractivity contribution in [2.45, 2.75) is 19.9 Å². The Bertz CT molecular complexity index is 714. The maximum atomic E-state index is 11.1. The Labute approximate surface area is 122 Å². The van der Waals surface area contributed by atoms with E-state index in [1.54, 1.807) is 0 Å². The maximum absolute atomic E-state index is 11.1. The minimum absolute atomic E-state index is 0.228. The summed E-state index contributed by atoms with van der Waals surface area (Å²) in [5.41, 5.74) is 7.30. The van der Waals surface area contributed by atoms with Crippen LogP contribution in [0.4, 0.5) is 5.69 Å². The van der Waals surface area contributed by atoms with Crippen molar-refractivity contribution >= 4 is 34.7 Å². The van der Waals surface area contributed by atoms with Crippen molar-refractivity contribution in [1.82, 2.24) is 4.57 Å². The molecule has 1 aromatic heterocycles. The quantitative estimate of drug-likeness (QED) is 0.534. The molecule has 0 spiro atoms. The number of amidine groups is 1. The normalized spacial score (nSPS) is 12.5. The molecule has 6 nitrogen and oxygen atoms in total. The Morgan fingerprint density at radius 1 is 1.38 bits per heavy atom. The summed E-state index contributed by atoms with van der Waals surface area (Å²) in [5.74, 6) is -0.904. The summed E-state index contributed by atoms with van der Waals surface area (Å²) in [5, 5.41) is 1.10. The van der Waals surface area contributed by atoms with Gasteiger partial charge in [-0.15, -0.1) is 0 Å². The zero-order valence-electron chi connectivity index (χ0n) is 12.3. The van der Waals surface area contributed by atoms with E-state index in [0.29, 0.717) is 6.04 Å². The van der Waals surface area contributed by atoms with Crippen LogP contribution in [0.15, 0.2) is 40.4 Å². The number of carbonyl (C=O) groups is 1. The lowest BCUT2D eigenvalue weighted by molar-refractivity contribution is -0.132. The number of nitrogens with two attached hydrogens (primary N) is 1. The molecule has 0 atom stereocenters. The van der Waals surface area contributed by atoms with Gasteiger partial charge in [0.1, 0.15) is 6.34 Å². The second-order valence-electron chi connectivity index (χ2n) is 4.81. The third kappa shape index (κ3) is 3.28. The minimum atomic E-state index is -0.675. The van der Waals surface area contributed by atoms with Gasteiger partial charge in [0.2, 0.25) is 5.84 Å². The van der Waals surface area contributed by atoms with Gasteiger partial charge in [0.25, 0.3) is 0 Å². The summed E-state index contributed by atoms with van der Waals surface area (Å²) in [6, 6.07) is 8.30. The van der Waals surface area contributed by atoms with Crippen LogP contribution >= 0.6 is 0 Å². The summed E-state index contributed by atoms with van der Waals surface area (Å²) in [6.45, 7) is 4.27. The SMILES string of the molecule is COC(=O)C(N)=NC=Nc1ccc2c(ccn2C(C)C)c1. The van der Waals surface area contributed by atoms with Gasteiger partial charge in [-0.3, -0.25) is 0 Å². The van der Waals surface area contributed by atoms with E-state index in [0.717, 1.165) is 16.6 Å². The Morgan fingerprint density at radius 2 is 2.14 bits per heavy atom. The number of esters is 1. The first kappa shape index (κ1) is 14.8. The molecule has 0 saturated carbocycles. The molecule has 6 heteroatoms. The fourth-order valence-corrected chi connectivity index (χ4v) is 2.00. The van der Waals surface area contributed by atoms with E-state index in [1.807, 2.05) is 24.3 Å². The number of hydrogen-bond donors (Lipinski definition) is 1. The average molecular weight is 286 g/mol. The molecule has 21 heavy (non-hydrogen) atoms. The Morgan fingerprint density at radius 3 is 2.81 bits per heavy atom. The minimum Gasteiger partial charge on any atom is -0.463 e. The molecule has 0 bridgehead atoms. The third-order valence-corrected chi connectivity index (χ3v) is 3.06. The third-order valence-electron chi connectivity index (χ3n) is 3.06. The van der Waals surface area contributed by atoms with Crippen molar-refractivity contribution in [2.24, 2.45) is 15.7 Å². The highest BCUT2D eigenvalue weighted by atomic mass is 16.5. The highest BCUT2D eigenvalue weighted by molar-refractivity contribution is 6.35. The highest BCUT2D eigenvalue weighted by Gasteiger charge is 2.05. The number of nitrogens with zero attached hydrogens (tertiary/aromatic N) is 3. The van der Waals surface area contributed by atoms with Crippen molar-refractivity contribution in [2.75, 3.05) is 7.11 Å². The van der Waals surface area contributed by atoms with Gasteiger partial charge in [0.15, 0.2) is 0 Å². The molecule has 0 unspecified atom stereocenters. The van der Waals surface area contributed by atoms with Crippen molar-refractivity contribution in [1.29, 1.82) is 0 Å². The first-order valence-electron chi connectivity index (χ1n) is 6.57. The van der Waals surface area contributed by atoms with E-state index >= 15 is 0 Å². The van der Waals surface area contributed by atoms with Crippen molar-refractivity contribution in [3.63, 3.8) is 0 Å². The fraction of sp³-hybridized carbons (Fsp3) is 0.267. The predicted molar refractivity (Wildman–Crippen MR) is 84.1 cm³/mol. The number of hydrogen-bond acceptors (Lipinski definition) is 3. The van der Waals surface area contributed by atoms with Gasteiger partial charge in [-0.05, 0) is 38.1 Å². The van der Waals surface area contributed by atoms with Crippen LogP contribution in [0.2, 0.25) is 0 Å². The summed E-state index contributed by atoms with van der Waals surface area (Å²) >= 11 is 0. The molecule has 0 saturated heterocycles. The van der Waals surface area contributed by atoms with E-state index in [9.17, 15) is 4.79 Å². The lowest BCUT2D eigenvalue weighted by Crippen LogP contribution is -2.24. The first-order chi connectivity index (χ1) is 10.0. The molecule has 0 radical (unpaired) electrons. The molecule has 0 aliphatic rings. The summed E-state index contributed by atoms with van der Waals surface area (Å²) in [6.07, 6.45) is 3.29. The molecule has 1 aromatic carbocycles. The van der Waals surface area contributed by atoms with E-state index in [1.165, 1.54) is 13.4 Å². The molecule has 0 fully saturated rings. The Kier molecular flexibility index (Phi) is 4.37. The van der Waals surface area contributed by atoms with Gasteiger partial charge in [0, 0.05) is 23.1 Å². The second kappa shape index (κ2) is 6.21. The fourth-order valence-electron chi connectivity index (χ4n) is 2.00. The van der Waals surface area contributed by atoms with Gasteiger partial charge < -0.3 is 15.0 Å². The second-order valence-corrected chi connectivity index (χ2v) is 4.81. The van der Waals surface area contributed by atoms with Crippen LogP contribution in [0.1, 0.15) is 19.9 Å². The van der Waals surface area contributed by atoms with Crippen LogP contribution in [0, 0.1) is 0 Å². The molecule has 2 rings (SSSR count). The zero-order chi connectivity index (χ0) is 15.4. The van der Waals surface area contributed by atoms with Gasteiger partial charge in [-0.25, -0.2) is 14.8 Å². The first-order valence-corrected chi connectivity index (χ1v) is 6.57. The van der Waals surface area contributed by atoms with Crippen LogP contribution in [0.25, 0.3) is 10.9 Å². The molecule has 2 N–H and O–H groups in total. The van der Waals surface area contributed by atoms with E-state index in [4.69, 9.17) is 5.73 Å². The molecule has 0 aliphatic heterocycles. The van der Waals surface area contributed by atoms with Crippen molar-refractivity contribution in [3.05, 3.63) is 30.5 Å². The summed E-state index contributed by atoms with van der Waals surface area (Å²) in [7, 11) is 1.25. The molecule has 1 heterocycles. The van der Waals surface area contributed by atoms with E-state index in [2.05, 4.69) is 39.3 Å². The standard InChI is InChI=1S/C15H18N4O2/c1-10(2)19-7-6-11-8-12(4-5-13(11)19)17-9-18-14(16)15(20)21-3/h4-10H,1-3H3,(H2,16,17,18). The predicted octanol–water partition coefficient (Wildman–Crippen LogP) is 2.41. The monoisotopic (exact) mass is 286 g/mol. The summed E-state index contributed by atoms with van der Waals surface area (Å²) in [4.78, 5) is 18.9. The molecule has 0 aliphatic carbocycles. The van der Waals surface area contributed by atoms with Gasteiger partial charge in [-0.1, -0.05) is 0 Å². The number of benzene rings is 1. The summed E-state index contributed by atoms with van der Waals surface area (Å²) < 4.78 is 6.63. The van der Waals surface area contributed by atoms with Crippen LogP contribution in [0.5, 0.6) is 0 Å². The molecular weight excluding hydrogens is 268 g/mol. The number of rotatable bonds is 3. The number of ether oxygens (including phenoxy) is 1. The van der Waals surface area contributed by atoms with Gasteiger partial charge in [0.05, 0.1) is 12.8 Å². The van der Waals surface area contributed by atoms with Crippen LogP contribution in [0.3, 0.4) is 0 Å². The molecule has 2 aromatic rings. The highest BCUT2D eigenvalue weighted by Crippen LogP contribution is 2.24. The lowest BCUT2D eigenvalue weighted by Gasteiger charge is -2.08. The molecule has 110 valence electrons. The number of methoxy groups -OCH3 is 1. The van der Waals surface area contributed by atoms with Crippen LogP contribution < -0.4 is 5.73 Å². The van der Waals surface area contributed by atoms with E-state index < -0.39 is 5.97 Å².